The van der Waals surface area contributed by atoms with Crippen LogP contribution >= 0.6 is 0 Å². The van der Waals surface area contributed by atoms with E-state index in [1.807, 2.05) is 13.2 Å². The van der Waals surface area contributed by atoms with Gasteiger partial charge in [0.15, 0.2) is 11.6 Å². The van der Waals surface area contributed by atoms with Gasteiger partial charge in [0.05, 0.1) is 30.3 Å². The number of pyridine rings is 1. The van der Waals surface area contributed by atoms with E-state index < -0.39 is 0 Å². The van der Waals surface area contributed by atoms with Crippen LogP contribution < -0.4 is 21.9 Å². The van der Waals surface area contributed by atoms with Crippen LogP contribution in [0, 0.1) is 5.41 Å². The third-order valence-electron chi connectivity index (χ3n) is 3.76. The predicted octanol–water partition coefficient (Wildman–Crippen LogP) is 0.644. The molecule has 10 heteroatoms. The van der Waals surface area contributed by atoms with E-state index in [2.05, 4.69) is 25.4 Å². The number of nitrogens with two attached hydrogens (primary N) is 2. The zero-order valence-corrected chi connectivity index (χ0v) is 14.5. The van der Waals surface area contributed by atoms with Gasteiger partial charge >= 0.3 is 0 Å². The lowest BCUT2D eigenvalue weighted by atomic mass is 10.1. The Bertz CT molecular complexity index is 932. The van der Waals surface area contributed by atoms with Crippen molar-refractivity contribution in [3.8, 4) is 11.3 Å². The first-order valence-corrected chi connectivity index (χ1v) is 7.84. The maximum atomic E-state index is 8.28. The fraction of sp³-hybridized carbons (Fsp3) is 0.188. The van der Waals surface area contributed by atoms with E-state index in [0.29, 0.717) is 22.9 Å². The first kappa shape index (κ1) is 17.3. The Kier molecular flexibility index (Phi) is 4.76. The van der Waals surface area contributed by atoms with Gasteiger partial charge in [-0.1, -0.05) is 0 Å². The second-order valence-corrected chi connectivity index (χ2v) is 5.62. The summed E-state index contributed by atoms with van der Waals surface area (Å²) in [5.41, 5.74) is 8.05. The highest BCUT2D eigenvalue weighted by Crippen LogP contribution is 2.24. The number of hydrogen-bond acceptors (Lipinski definition) is 9. The molecule has 0 aliphatic heterocycles. The van der Waals surface area contributed by atoms with Crippen molar-refractivity contribution in [3.63, 3.8) is 0 Å². The molecule has 3 heterocycles. The number of aryl methyl sites for hydroxylation is 1. The average Bonchev–Trinajstić information content (AvgIpc) is 3.07. The summed E-state index contributed by atoms with van der Waals surface area (Å²) in [4.78, 5) is 12.9. The van der Waals surface area contributed by atoms with Gasteiger partial charge < -0.3 is 16.5 Å². The van der Waals surface area contributed by atoms with Crippen molar-refractivity contribution in [2.75, 3.05) is 29.7 Å². The summed E-state index contributed by atoms with van der Waals surface area (Å²) in [5.74, 6) is 7.39. The molecule has 0 saturated carbocycles. The van der Waals surface area contributed by atoms with E-state index in [0.717, 1.165) is 5.56 Å². The van der Waals surface area contributed by atoms with Gasteiger partial charge in [-0.05, 0) is 12.1 Å². The summed E-state index contributed by atoms with van der Waals surface area (Å²) in [5, 5.41) is 16.7. The quantitative estimate of drug-likeness (QED) is 0.287. The van der Waals surface area contributed by atoms with Gasteiger partial charge in [0.2, 0.25) is 0 Å². The van der Waals surface area contributed by atoms with Crippen LogP contribution in [0.2, 0.25) is 0 Å². The van der Waals surface area contributed by atoms with Crippen molar-refractivity contribution < 1.29 is 0 Å². The molecule has 0 saturated heterocycles. The summed E-state index contributed by atoms with van der Waals surface area (Å²) < 4.78 is 1.68. The monoisotopic (exact) mass is 352 g/mol. The number of nitrogen functional groups attached to an aromatic ring is 1. The minimum atomic E-state index is 0.0930. The van der Waals surface area contributed by atoms with Crippen LogP contribution in [0.3, 0.4) is 0 Å². The Morgan fingerprint density at radius 2 is 2.15 bits per heavy atom. The normalized spacial score (nSPS) is 10.6. The highest BCUT2D eigenvalue weighted by Gasteiger charge is 2.17. The van der Waals surface area contributed by atoms with E-state index in [4.69, 9.17) is 17.0 Å². The molecule has 0 aliphatic rings. The molecule has 134 valence electrons. The Morgan fingerprint density at radius 1 is 1.35 bits per heavy atom. The molecule has 26 heavy (non-hydrogen) atoms. The Labute approximate surface area is 150 Å². The van der Waals surface area contributed by atoms with Crippen LogP contribution in [-0.4, -0.2) is 44.0 Å². The average molecular weight is 352 g/mol. The fourth-order valence-electron chi connectivity index (χ4n) is 2.45. The molecule has 3 aromatic rings. The molecule has 0 unspecified atom stereocenters. The van der Waals surface area contributed by atoms with Crippen LogP contribution in [0.5, 0.6) is 0 Å². The van der Waals surface area contributed by atoms with Crippen LogP contribution in [0.1, 0.15) is 5.56 Å². The van der Waals surface area contributed by atoms with Crippen molar-refractivity contribution in [1.29, 1.82) is 5.41 Å². The lowest BCUT2D eigenvalue weighted by Gasteiger charge is -2.21. The molecule has 0 fully saturated rings. The Morgan fingerprint density at radius 3 is 2.81 bits per heavy atom. The van der Waals surface area contributed by atoms with Gasteiger partial charge in [0.1, 0.15) is 5.82 Å². The number of nitrogens with zero attached hydrogens (tertiary/aromatic N) is 6. The van der Waals surface area contributed by atoms with E-state index >= 15 is 0 Å². The van der Waals surface area contributed by atoms with Crippen LogP contribution in [0.4, 0.5) is 17.5 Å². The molecular weight excluding hydrogens is 332 g/mol. The van der Waals surface area contributed by atoms with E-state index in [-0.39, 0.29) is 18.1 Å². The van der Waals surface area contributed by atoms with E-state index in [1.54, 1.807) is 42.5 Å². The molecule has 3 rings (SSSR count). The first-order chi connectivity index (χ1) is 12.5. The number of hydrazine groups is 1. The SMILES string of the molecule is CNc1ncc(-c2cnn(C)c2)nc1N(N)CC(=N)c1cccnc1N. The van der Waals surface area contributed by atoms with Gasteiger partial charge in [-0.2, -0.15) is 5.10 Å². The molecule has 3 aromatic heterocycles. The highest BCUT2D eigenvalue weighted by molar-refractivity contribution is 6.04. The topological polar surface area (TPSA) is 148 Å². The number of rotatable bonds is 6. The zero-order valence-electron chi connectivity index (χ0n) is 14.5. The van der Waals surface area contributed by atoms with Crippen molar-refractivity contribution in [1.82, 2.24) is 24.7 Å². The molecular formula is C16H20N10. The first-order valence-electron chi connectivity index (χ1n) is 7.84. The molecule has 0 spiro atoms. The summed E-state index contributed by atoms with van der Waals surface area (Å²) in [6, 6.07) is 3.46. The van der Waals surface area contributed by atoms with Crippen molar-refractivity contribution >= 4 is 23.2 Å². The van der Waals surface area contributed by atoms with E-state index in [1.165, 1.54) is 5.01 Å². The number of hydrogen-bond donors (Lipinski definition) is 4. The minimum Gasteiger partial charge on any atom is -0.383 e. The maximum absolute atomic E-state index is 8.28. The molecule has 10 nitrogen and oxygen atoms in total. The van der Waals surface area contributed by atoms with E-state index in [9.17, 15) is 0 Å². The summed E-state index contributed by atoms with van der Waals surface area (Å²) >= 11 is 0. The maximum Gasteiger partial charge on any atom is 0.186 e. The van der Waals surface area contributed by atoms with Crippen LogP contribution in [0.25, 0.3) is 11.3 Å². The second-order valence-electron chi connectivity index (χ2n) is 5.62. The number of aromatic nitrogens is 5. The lowest BCUT2D eigenvalue weighted by molar-refractivity contribution is 0.768. The summed E-state index contributed by atoms with van der Waals surface area (Å²) in [7, 11) is 3.56. The molecule has 0 atom stereocenters. The molecule has 0 amide bonds. The van der Waals surface area contributed by atoms with Gasteiger partial charge in [0.25, 0.3) is 0 Å². The smallest absolute Gasteiger partial charge is 0.186 e. The molecule has 6 N–H and O–H groups in total. The third-order valence-corrected chi connectivity index (χ3v) is 3.76. The van der Waals surface area contributed by atoms with Crippen molar-refractivity contribution in [3.05, 3.63) is 42.5 Å². The van der Waals surface area contributed by atoms with Crippen molar-refractivity contribution in [2.45, 2.75) is 0 Å². The van der Waals surface area contributed by atoms with Gasteiger partial charge in [0, 0.05) is 37.6 Å². The molecule has 0 bridgehead atoms. The fourth-order valence-corrected chi connectivity index (χ4v) is 2.45. The minimum absolute atomic E-state index is 0.0930. The molecule has 0 aromatic carbocycles. The van der Waals surface area contributed by atoms with Gasteiger partial charge in [-0.25, -0.2) is 20.8 Å². The second kappa shape index (κ2) is 7.15. The standard InChI is InChI=1S/C16H20N10/c1-20-15-16(24-13(7-22-15)10-6-23-25(2)8-10)26(19)9-12(17)11-4-3-5-21-14(11)18/h3-8,17H,9,19H2,1-2H3,(H2,18,21)(H,20,22). The Balaban J connectivity index is 1.89. The van der Waals surface area contributed by atoms with Crippen LogP contribution in [-0.2, 0) is 7.05 Å². The predicted molar refractivity (Wildman–Crippen MR) is 101 cm³/mol. The lowest BCUT2D eigenvalue weighted by Crippen LogP contribution is -2.37. The van der Waals surface area contributed by atoms with Gasteiger partial charge in [-0.15, -0.1) is 0 Å². The molecule has 0 radical (unpaired) electrons. The summed E-state index contributed by atoms with van der Waals surface area (Å²) in [6.45, 7) is 0.0930. The molecule has 0 aliphatic carbocycles. The number of nitrogens with one attached hydrogen (secondary N) is 2. The Hall–Kier alpha value is -3.53. The van der Waals surface area contributed by atoms with Gasteiger partial charge in [-0.3, -0.25) is 9.69 Å². The van der Waals surface area contributed by atoms with Crippen LogP contribution in [0.15, 0.2) is 36.9 Å². The third kappa shape index (κ3) is 3.44. The largest absolute Gasteiger partial charge is 0.383 e. The summed E-state index contributed by atoms with van der Waals surface area (Å²) in [6.07, 6.45) is 6.76. The van der Waals surface area contributed by atoms with Crippen molar-refractivity contribution in [2.24, 2.45) is 12.9 Å². The number of anilines is 3. The highest BCUT2D eigenvalue weighted by atomic mass is 15.4. The zero-order chi connectivity index (χ0) is 18.7.